The maximum atomic E-state index is 13.0. The SMILES string of the molecule is COc1cccc(N2CCN(C(=O)C3CCN(c4ccc([N+](=O)[O-])cn4)CC3)CC2)c1. The van der Waals surface area contributed by atoms with Crippen LogP contribution >= 0.6 is 0 Å². The molecule has 0 aliphatic carbocycles. The number of carbonyl (C=O) groups is 1. The van der Waals surface area contributed by atoms with Crippen molar-refractivity contribution >= 4 is 23.1 Å². The molecule has 2 aromatic rings. The van der Waals surface area contributed by atoms with E-state index in [-0.39, 0.29) is 17.5 Å². The van der Waals surface area contributed by atoms with Gasteiger partial charge in [0.15, 0.2) is 0 Å². The maximum Gasteiger partial charge on any atom is 0.287 e. The first-order chi connectivity index (χ1) is 15.0. The Balaban J connectivity index is 1.28. The molecule has 2 aliphatic heterocycles. The molecule has 2 saturated heterocycles. The minimum Gasteiger partial charge on any atom is -0.497 e. The lowest BCUT2D eigenvalue weighted by Gasteiger charge is -2.39. The number of nitro groups is 1. The molecule has 0 N–H and O–H groups in total. The summed E-state index contributed by atoms with van der Waals surface area (Å²) in [6.07, 6.45) is 2.83. The minimum absolute atomic E-state index is 0.0121. The summed E-state index contributed by atoms with van der Waals surface area (Å²) in [6, 6.07) is 11.2. The van der Waals surface area contributed by atoms with E-state index in [0.717, 1.165) is 69.4 Å². The zero-order valence-electron chi connectivity index (χ0n) is 17.6. The summed E-state index contributed by atoms with van der Waals surface area (Å²) in [5.74, 6) is 1.83. The van der Waals surface area contributed by atoms with E-state index < -0.39 is 4.92 Å². The van der Waals surface area contributed by atoms with Gasteiger partial charge in [-0.15, -0.1) is 0 Å². The van der Waals surface area contributed by atoms with E-state index in [4.69, 9.17) is 4.74 Å². The highest BCUT2D eigenvalue weighted by Crippen LogP contribution is 2.26. The molecule has 9 heteroatoms. The summed E-state index contributed by atoms with van der Waals surface area (Å²) in [4.78, 5) is 33.9. The molecule has 1 aromatic heterocycles. The highest BCUT2D eigenvalue weighted by molar-refractivity contribution is 5.79. The fraction of sp³-hybridized carbons (Fsp3) is 0.455. The fourth-order valence-corrected chi connectivity index (χ4v) is 4.28. The first-order valence-electron chi connectivity index (χ1n) is 10.6. The number of anilines is 2. The van der Waals surface area contributed by atoms with Crippen LogP contribution in [0.2, 0.25) is 0 Å². The van der Waals surface area contributed by atoms with Gasteiger partial charge < -0.3 is 19.4 Å². The van der Waals surface area contributed by atoms with Crippen molar-refractivity contribution in [3.05, 3.63) is 52.7 Å². The smallest absolute Gasteiger partial charge is 0.287 e. The Hall–Kier alpha value is -3.36. The van der Waals surface area contributed by atoms with E-state index >= 15 is 0 Å². The molecule has 0 atom stereocenters. The molecule has 164 valence electrons. The summed E-state index contributed by atoms with van der Waals surface area (Å²) < 4.78 is 5.31. The molecule has 4 rings (SSSR count). The Morgan fingerprint density at radius 3 is 2.42 bits per heavy atom. The van der Waals surface area contributed by atoms with Crippen molar-refractivity contribution in [1.82, 2.24) is 9.88 Å². The normalized spacial score (nSPS) is 17.5. The highest BCUT2D eigenvalue weighted by atomic mass is 16.6. The van der Waals surface area contributed by atoms with Gasteiger partial charge in [0.1, 0.15) is 17.8 Å². The van der Waals surface area contributed by atoms with Crippen molar-refractivity contribution in [3.8, 4) is 5.75 Å². The minimum atomic E-state index is -0.449. The number of piperazine rings is 1. The second-order valence-electron chi connectivity index (χ2n) is 7.91. The molecule has 0 bridgehead atoms. The van der Waals surface area contributed by atoms with Crippen LogP contribution in [-0.4, -0.2) is 67.1 Å². The van der Waals surface area contributed by atoms with Gasteiger partial charge in [-0.1, -0.05) is 6.07 Å². The molecular weight excluding hydrogens is 398 g/mol. The van der Waals surface area contributed by atoms with Crippen LogP contribution in [0.3, 0.4) is 0 Å². The van der Waals surface area contributed by atoms with Gasteiger partial charge in [0, 0.05) is 63.0 Å². The molecule has 2 fully saturated rings. The summed E-state index contributed by atoms with van der Waals surface area (Å²) in [5.41, 5.74) is 1.11. The predicted molar refractivity (Wildman–Crippen MR) is 118 cm³/mol. The van der Waals surface area contributed by atoms with Crippen molar-refractivity contribution in [1.29, 1.82) is 0 Å². The van der Waals surface area contributed by atoms with Crippen LogP contribution in [0.25, 0.3) is 0 Å². The maximum absolute atomic E-state index is 13.0. The number of amides is 1. The lowest BCUT2D eigenvalue weighted by Crippen LogP contribution is -2.51. The molecule has 0 saturated carbocycles. The van der Waals surface area contributed by atoms with E-state index in [1.165, 1.54) is 12.3 Å². The van der Waals surface area contributed by atoms with Gasteiger partial charge >= 0.3 is 0 Å². The Morgan fingerprint density at radius 2 is 1.81 bits per heavy atom. The van der Waals surface area contributed by atoms with Gasteiger partial charge in [0.05, 0.1) is 12.0 Å². The van der Waals surface area contributed by atoms with Crippen LogP contribution in [-0.2, 0) is 4.79 Å². The topological polar surface area (TPSA) is 92.0 Å². The fourth-order valence-electron chi connectivity index (χ4n) is 4.28. The number of benzene rings is 1. The van der Waals surface area contributed by atoms with Gasteiger partial charge in [0.2, 0.25) is 5.91 Å². The van der Waals surface area contributed by atoms with Crippen LogP contribution in [0.5, 0.6) is 5.75 Å². The van der Waals surface area contributed by atoms with Gasteiger partial charge in [-0.2, -0.15) is 0 Å². The van der Waals surface area contributed by atoms with Crippen LogP contribution in [0.4, 0.5) is 17.2 Å². The van der Waals surface area contributed by atoms with Crippen molar-refractivity contribution in [2.75, 3.05) is 56.2 Å². The van der Waals surface area contributed by atoms with Gasteiger partial charge in [-0.3, -0.25) is 14.9 Å². The Kier molecular flexibility index (Phi) is 6.20. The van der Waals surface area contributed by atoms with Crippen LogP contribution in [0.1, 0.15) is 12.8 Å². The molecule has 0 unspecified atom stereocenters. The number of rotatable bonds is 5. The van der Waals surface area contributed by atoms with Crippen molar-refractivity contribution in [2.45, 2.75) is 12.8 Å². The molecule has 31 heavy (non-hydrogen) atoms. The lowest BCUT2D eigenvalue weighted by molar-refractivity contribution is -0.385. The van der Waals surface area contributed by atoms with Crippen molar-refractivity contribution in [2.24, 2.45) is 5.92 Å². The third-order valence-electron chi connectivity index (χ3n) is 6.12. The Morgan fingerprint density at radius 1 is 1.06 bits per heavy atom. The molecule has 0 spiro atoms. The summed E-state index contributed by atoms with van der Waals surface area (Å²) >= 11 is 0. The zero-order chi connectivity index (χ0) is 21.8. The predicted octanol–water partition coefficient (Wildman–Crippen LogP) is 2.56. The number of hydrogen-bond acceptors (Lipinski definition) is 7. The first kappa shape index (κ1) is 20.9. The number of ether oxygens (including phenoxy) is 1. The lowest BCUT2D eigenvalue weighted by atomic mass is 9.95. The van der Waals surface area contributed by atoms with Crippen LogP contribution < -0.4 is 14.5 Å². The standard InChI is InChI=1S/C22H27N5O4/c1-31-20-4-2-3-18(15-20)24-11-13-26(14-12-24)22(28)17-7-9-25(10-8-17)21-6-5-19(16-23-21)27(29)30/h2-6,15-17H,7-14H2,1H3. The van der Waals surface area contributed by atoms with Crippen molar-refractivity contribution in [3.63, 3.8) is 0 Å². The molecule has 0 radical (unpaired) electrons. The van der Waals surface area contributed by atoms with E-state index in [1.807, 2.05) is 23.1 Å². The summed E-state index contributed by atoms with van der Waals surface area (Å²) in [5, 5.41) is 10.8. The summed E-state index contributed by atoms with van der Waals surface area (Å²) in [7, 11) is 1.67. The number of pyridine rings is 1. The zero-order valence-corrected chi connectivity index (χ0v) is 17.6. The summed E-state index contributed by atoms with van der Waals surface area (Å²) in [6.45, 7) is 4.52. The average molecular weight is 425 g/mol. The van der Waals surface area contributed by atoms with Gasteiger partial charge in [-0.25, -0.2) is 4.98 Å². The molecule has 3 heterocycles. The van der Waals surface area contributed by atoms with Gasteiger partial charge in [-0.05, 0) is 31.0 Å². The third-order valence-corrected chi connectivity index (χ3v) is 6.12. The van der Waals surface area contributed by atoms with E-state index in [0.29, 0.717) is 0 Å². The number of hydrogen-bond donors (Lipinski definition) is 0. The van der Waals surface area contributed by atoms with Crippen LogP contribution in [0, 0.1) is 16.0 Å². The molecule has 9 nitrogen and oxygen atoms in total. The van der Waals surface area contributed by atoms with E-state index in [9.17, 15) is 14.9 Å². The monoisotopic (exact) mass is 425 g/mol. The van der Waals surface area contributed by atoms with Crippen molar-refractivity contribution < 1.29 is 14.5 Å². The third kappa shape index (κ3) is 4.70. The van der Waals surface area contributed by atoms with Gasteiger partial charge in [0.25, 0.3) is 5.69 Å². The number of piperidine rings is 1. The molecule has 2 aliphatic rings. The average Bonchev–Trinajstić information content (AvgIpc) is 2.84. The van der Waals surface area contributed by atoms with Crippen LogP contribution in [0.15, 0.2) is 42.6 Å². The highest BCUT2D eigenvalue weighted by Gasteiger charge is 2.31. The molecule has 1 amide bonds. The number of methoxy groups -OCH3 is 1. The second kappa shape index (κ2) is 9.20. The van der Waals surface area contributed by atoms with E-state index in [1.54, 1.807) is 13.2 Å². The first-order valence-corrected chi connectivity index (χ1v) is 10.6. The second-order valence-corrected chi connectivity index (χ2v) is 7.91. The van der Waals surface area contributed by atoms with E-state index in [2.05, 4.69) is 20.9 Å². The molecule has 1 aromatic carbocycles. The Labute approximate surface area is 181 Å². The quantitative estimate of drug-likeness (QED) is 0.537. The number of carbonyl (C=O) groups excluding carboxylic acids is 1. The Bertz CT molecular complexity index is 920. The largest absolute Gasteiger partial charge is 0.497 e. The molecular formula is C22H27N5O4. The number of nitrogens with zero attached hydrogens (tertiary/aromatic N) is 5. The number of aromatic nitrogens is 1.